The van der Waals surface area contributed by atoms with Crippen molar-refractivity contribution >= 4 is 11.0 Å². The van der Waals surface area contributed by atoms with Gasteiger partial charge >= 0.3 is 0 Å². The fourth-order valence-electron chi connectivity index (χ4n) is 2.75. The smallest absolute Gasteiger partial charge is 0.167 e. The molecule has 0 radical (unpaired) electrons. The average molecular weight is 297 g/mol. The summed E-state index contributed by atoms with van der Waals surface area (Å²) >= 11 is 0. The molecule has 21 heavy (non-hydrogen) atoms. The molecule has 2 aromatic rings. The molecule has 4 atom stereocenters. The van der Waals surface area contributed by atoms with Crippen molar-refractivity contribution in [2.24, 2.45) is 0 Å². The fourth-order valence-corrected chi connectivity index (χ4v) is 2.75. The zero-order valence-electron chi connectivity index (χ0n) is 11.6. The van der Waals surface area contributed by atoms with Crippen LogP contribution in [0.3, 0.4) is 0 Å². The molecule has 1 saturated heterocycles. The summed E-state index contributed by atoms with van der Waals surface area (Å²) in [6.45, 7) is 2.57. The van der Waals surface area contributed by atoms with Crippen LogP contribution in [-0.4, -0.2) is 54.3 Å². The molecule has 1 unspecified atom stereocenters. The van der Waals surface area contributed by atoms with Crippen LogP contribution < -0.4 is 0 Å². The molecule has 0 saturated carbocycles. The maximum absolute atomic E-state index is 14.1. The lowest BCUT2D eigenvalue weighted by molar-refractivity contribution is -0.0949. The largest absolute Gasteiger partial charge is 0.394 e. The topological polar surface area (TPSA) is 101 Å². The van der Waals surface area contributed by atoms with E-state index in [1.807, 2.05) is 0 Å². The summed E-state index contributed by atoms with van der Waals surface area (Å²) in [4.78, 5) is 7.96. The molecule has 3 heterocycles. The number of fused-ring (bicyclic) bond motifs is 1. The molecular formula is C13H16FN3O4. The molecule has 1 aliphatic heterocycles. The van der Waals surface area contributed by atoms with E-state index in [0.29, 0.717) is 5.69 Å². The highest BCUT2D eigenvalue weighted by Gasteiger charge is 2.53. The van der Waals surface area contributed by atoms with Crippen molar-refractivity contribution in [2.75, 3.05) is 6.61 Å². The van der Waals surface area contributed by atoms with Gasteiger partial charge in [0.2, 0.25) is 0 Å². The molecule has 2 aromatic heterocycles. The molecule has 0 bridgehead atoms. The van der Waals surface area contributed by atoms with Crippen LogP contribution in [0.25, 0.3) is 11.0 Å². The standard InChI is InChI=1S/C13H16FN3O4/c1-6-9-7(14)3-17(11(9)16-5-15-6)12-13(2,20)10(19)8(4-18)21-12/h3,5,8,10,12,18-20H,4H2,1-2H3/t8-,10+,12-,13?/m1/s1. The maximum Gasteiger partial charge on any atom is 0.167 e. The zero-order chi connectivity index (χ0) is 15.4. The van der Waals surface area contributed by atoms with E-state index < -0.39 is 36.5 Å². The Kier molecular flexibility index (Phi) is 3.21. The number of aryl methyl sites for hydroxylation is 1. The van der Waals surface area contributed by atoms with Crippen molar-refractivity contribution in [1.82, 2.24) is 14.5 Å². The Morgan fingerprint density at radius 3 is 2.81 bits per heavy atom. The minimum atomic E-state index is -1.69. The molecular weight excluding hydrogens is 281 g/mol. The number of aromatic nitrogens is 3. The van der Waals surface area contributed by atoms with Crippen molar-refractivity contribution in [3.05, 3.63) is 24.0 Å². The lowest BCUT2D eigenvalue weighted by atomic mass is 9.96. The quantitative estimate of drug-likeness (QED) is 0.714. The Morgan fingerprint density at radius 2 is 2.19 bits per heavy atom. The number of halogens is 1. The first-order chi connectivity index (χ1) is 9.87. The van der Waals surface area contributed by atoms with Gasteiger partial charge in [0.25, 0.3) is 0 Å². The molecule has 3 N–H and O–H groups in total. The summed E-state index contributed by atoms with van der Waals surface area (Å²) in [7, 11) is 0. The number of hydrogen-bond acceptors (Lipinski definition) is 6. The van der Waals surface area contributed by atoms with Gasteiger partial charge in [0.15, 0.2) is 12.0 Å². The van der Waals surface area contributed by atoms with Crippen LogP contribution in [-0.2, 0) is 4.74 Å². The van der Waals surface area contributed by atoms with Crippen molar-refractivity contribution in [1.29, 1.82) is 0 Å². The number of nitrogens with zero attached hydrogens (tertiary/aromatic N) is 3. The predicted octanol–water partition coefficient (Wildman–Crippen LogP) is -0.120. The van der Waals surface area contributed by atoms with E-state index in [2.05, 4.69) is 9.97 Å². The second-order valence-electron chi connectivity index (χ2n) is 5.42. The fraction of sp³-hybridized carbons (Fsp3) is 0.538. The normalized spacial score (nSPS) is 33.0. The first-order valence-corrected chi connectivity index (χ1v) is 6.52. The van der Waals surface area contributed by atoms with E-state index >= 15 is 0 Å². The molecule has 7 nitrogen and oxygen atoms in total. The summed E-state index contributed by atoms with van der Waals surface area (Å²) in [6, 6.07) is 0. The Bertz CT molecular complexity index is 687. The molecule has 0 aliphatic carbocycles. The lowest BCUT2D eigenvalue weighted by Crippen LogP contribution is -2.44. The van der Waals surface area contributed by atoms with Gasteiger partial charge in [0.1, 0.15) is 29.8 Å². The average Bonchev–Trinajstić information content (AvgIpc) is 2.87. The summed E-state index contributed by atoms with van der Waals surface area (Å²) in [5.74, 6) is -0.538. The van der Waals surface area contributed by atoms with Crippen LogP contribution in [0.2, 0.25) is 0 Å². The van der Waals surface area contributed by atoms with Crippen LogP contribution in [0.15, 0.2) is 12.5 Å². The maximum atomic E-state index is 14.1. The van der Waals surface area contributed by atoms with Gasteiger partial charge in [-0.05, 0) is 13.8 Å². The number of ether oxygens (including phenoxy) is 1. The summed E-state index contributed by atoms with van der Waals surface area (Å²) in [5.41, 5.74) is -0.964. The third kappa shape index (κ3) is 1.95. The summed E-state index contributed by atoms with van der Waals surface area (Å²) in [6.07, 6.45) is -0.870. The van der Waals surface area contributed by atoms with E-state index in [4.69, 9.17) is 4.74 Å². The summed E-state index contributed by atoms with van der Waals surface area (Å²) < 4.78 is 20.9. The first kappa shape index (κ1) is 14.3. The lowest BCUT2D eigenvalue weighted by Gasteiger charge is -2.27. The number of aliphatic hydroxyl groups is 3. The Hall–Kier alpha value is -1.61. The highest BCUT2D eigenvalue weighted by Crippen LogP contribution is 2.40. The number of rotatable bonds is 2. The van der Waals surface area contributed by atoms with Crippen LogP contribution in [0.4, 0.5) is 4.39 Å². The van der Waals surface area contributed by atoms with E-state index in [9.17, 15) is 19.7 Å². The minimum Gasteiger partial charge on any atom is -0.394 e. The van der Waals surface area contributed by atoms with E-state index in [1.165, 1.54) is 17.8 Å². The zero-order valence-corrected chi connectivity index (χ0v) is 11.6. The predicted molar refractivity (Wildman–Crippen MR) is 69.8 cm³/mol. The molecule has 3 rings (SSSR count). The van der Waals surface area contributed by atoms with Crippen LogP contribution >= 0.6 is 0 Å². The van der Waals surface area contributed by atoms with Gasteiger partial charge in [-0.3, -0.25) is 4.57 Å². The first-order valence-electron chi connectivity index (χ1n) is 6.52. The number of aliphatic hydroxyl groups excluding tert-OH is 2. The highest BCUT2D eigenvalue weighted by molar-refractivity contribution is 5.79. The summed E-state index contributed by atoms with van der Waals surface area (Å²) in [5, 5.41) is 29.9. The molecule has 0 spiro atoms. The van der Waals surface area contributed by atoms with Crippen molar-refractivity contribution < 1.29 is 24.4 Å². The molecule has 114 valence electrons. The van der Waals surface area contributed by atoms with Gasteiger partial charge in [0.05, 0.1) is 17.7 Å². The highest BCUT2D eigenvalue weighted by atomic mass is 19.1. The second-order valence-corrected chi connectivity index (χ2v) is 5.42. The van der Waals surface area contributed by atoms with Gasteiger partial charge in [-0.1, -0.05) is 0 Å². The molecule has 1 aliphatic rings. The van der Waals surface area contributed by atoms with Crippen LogP contribution in [0.1, 0.15) is 18.8 Å². The van der Waals surface area contributed by atoms with Gasteiger partial charge in [-0.25, -0.2) is 14.4 Å². The van der Waals surface area contributed by atoms with Crippen molar-refractivity contribution in [2.45, 2.75) is 37.9 Å². The third-order valence-corrected chi connectivity index (χ3v) is 3.94. The van der Waals surface area contributed by atoms with Gasteiger partial charge < -0.3 is 20.1 Å². The SMILES string of the molecule is Cc1ncnc2c1c(F)cn2[C@@H]1O[C@H](CO)[C@H](O)C1(C)O. The van der Waals surface area contributed by atoms with Gasteiger partial charge in [-0.15, -0.1) is 0 Å². The Morgan fingerprint density at radius 1 is 1.48 bits per heavy atom. The van der Waals surface area contributed by atoms with Crippen molar-refractivity contribution in [3.63, 3.8) is 0 Å². The monoisotopic (exact) mass is 297 g/mol. The van der Waals surface area contributed by atoms with Crippen LogP contribution in [0.5, 0.6) is 0 Å². The van der Waals surface area contributed by atoms with Crippen LogP contribution in [0, 0.1) is 12.7 Å². The molecule has 1 fully saturated rings. The van der Waals surface area contributed by atoms with Gasteiger partial charge in [-0.2, -0.15) is 0 Å². The van der Waals surface area contributed by atoms with E-state index in [1.54, 1.807) is 6.92 Å². The minimum absolute atomic E-state index is 0.235. The molecule has 0 aromatic carbocycles. The molecule has 8 heteroatoms. The molecule has 0 amide bonds. The van der Waals surface area contributed by atoms with Gasteiger partial charge in [0, 0.05) is 6.20 Å². The number of hydrogen-bond donors (Lipinski definition) is 3. The van der Waals surface area contributed by atoms with Crippen molar-refractivity contribution in [3.8, 4) is 0 Å². The van der Waals surface area contributed by atoms with E-state index in [-0.39, 0.29) is 11.0 Å². The third-order valence-electron chi connectivity index (χ3n) is 3.94. The van der Waals surface area contributed by atoms with E-state index in [0.717, 1.165) is 6.20 Å². The Balaban J connectivity index is 2.15. The second kappa shape index (κ2) is 4.70. The Labute approximate surface area is 119 Å².